The number of amides is 2. The van der Waals surface area contributed by atoms with E-state index in [1.54, 1.807) is 6.92 Å². The van der Waals surface area contributed by atoms with Crippen molar-refractivity contribution >= 4 is 17.8 Å². The molecule has 0 aromatic heterocycles. The van der Waals surface area contributed by atoms with Gasteiger partial charge >= 0.3 is 5.97 Å². The molecule has 0 radical (unpaired) electrons. The lowest BCUT2D eigenvalue weighted by Crippen LogP contribution is -2.46. The Morgan fingerprint density at radius 2 is 1.81 bits per heavy atom. The normalized spacial score (nSPS) is 19.6. The van der Waals surface area contributed by atoms with E-state index in [2.05, 4.69) is 5.48 Å². The largest absolute Gasteiger partial charge is 0.481 e. The summed E-state index contributed by atoms with van der Waals surface area (Å²) in [5.41, 5.74) is 3.26. The van der Waals surface area contributed by atoms with E-state index in [1.807, 2.05) is 30.3 Å². The molecule has 7 heteroatoms. The van der Waals surface area contributed by atoms with E-state index in [4.69, 9.17) is 4.84 Å². The van der Waals surface area contributed by atoms with Crippen LogP contribution in [0, 0.1) is 11.8 Å². The first-order chi connectivity index (χ1) is 12.5. The van der Waals surface area contributed by atoms with Crippen molar-refractivity contribution in [2.45, 2.75) is 39.2 Å². The number of carbonyl (C=O) groups excluding carboxylic acids is 2. The number of nitrogens with one attached hydrogen (secondary N) is 1. The van der Waals surface area contributed by atoms with Crippen LogP contribution >= 0.6 is 0 Å². The number of nitrogens with zero attached hydrogens (tertiary/aromatic N) is 1. The first-order valence-electron chi connectivity index (χ1n) is 8.99. The molecule has 1 aromatic rings. The summed E-state index contributed by atoms with van der Waals surface area (Å²) in [5, 5.41) is 9.35. The molecule has 26 heavy (non-hydrogen) atoms. The smallest absolute Gasteiger partial charge is 0.307 e. The minimum absolute atomic E-state index is 0.146. The average molecular weight is 362 g/mol. The number of hydroxylamine groups is 1. The van der Waals surface area contributed by atoms with E-state index < -0.39 is 23.7 Å². The lowest BCUT2D eigenvalue weighted by molar-refractivity contribution is -0.153. The number of aliphatic carboxylic acids is 1. The van der Waals surface area contributed by atoms with Gasteiger partial charge in [-0.1, -0.05) is 43.2 Å². The topological polar surface area (TPSA) is 95.9 Å². The fourth-order valence-corrected chi connectivity index (χ4v) is 3.28. The molecule has 0 spiro atoms. The highest BCUT2D eigenvalue weighted by atomic mass is 16.6. The van der Waals surface area contributed by atoms with Crippen LogP contribution < -0.4 is 5.48 Å². The van der Waals surface area contributed by atoms with Gasteiger partial charge in [-0.15, -0.1) is 0 Å². The number of carboxylic acids is 1. The van der Waals surface area contributed by atoms with Crippen molar-refractivity contribution in [2.24, 2.45) is 11.8 Å². The summed E-state index contributed by atoms with van der Waals surface area (Å²) in [5.74, 6) is -2.85. The zero-order chi connectivity index (χ0) is 18.9. The van der Waals surface area contributed by atoms with Gasteiger partial charge in [-0.3, -0.25) is 19.2 Å². The molecule has 2 amide bonds. The van der Waals surface area contributed by atoms with Crippen LogP contribution in [0.4, 0.5) is 0 Å². The molecule has 2 atom stereocenters. The standard InChI is InChI=1S/C19H26N2O5/c1-2-21(18(23)15-10-6-7-11-16(15)19(24)25)12-17(22)20-26-13-14-8-4-3-5-9-14/h3-5,8-9,15-16H,2,6-7,10-13H2,1H3,(H,20,22)(H,24,25)/t15-,16-/m1/s1. The van der Waals surface area contributed by atoms with Gasteiger partial charge in [0.1, 0.15) is 6.54 Å². The second-order valence-corrected chi connectivity index (χ2v) is 6.49. The van der Waals surface area contributed by atoms with Crippen molar-refractivity contribution in [1.29, 1.82) is 0 Å². The third-order valence-electron chi connectivity index (χ3n) is 4.70. The SMILES string of the molecule is CCN(CC(=O)NOCc1ccccc1)C(=O)[C@@H]1CCCC[C@H]1C(=O)O. The van der Waals surface area contributed by atoms with Gasteiger partial charge in [0.05, 0.1) is 18.4 Å². The van der Waals surface area contributed by atoms with Gasteiger partial charge in [-0.05, 0) is 25.3 Å². The Hall–Kier alpha value is -2.41. The summed E-state index contributed by atoms with van der Waals surface area (Å²) in [6.45, 7) is 2.20. The minimum Gasteiger partial charge on any atom is -0.481 e. The van der Waals surface area contributed by atoms with Crippen LogP contribution in [0.5, 0.6) is 0 Å². The second kappa shape index (κ2) is 9.91. The molecule has 2 N–H and O–H groups in total. The summed E-state index contributed by atoms with van der Waals surface area (Å²) in [6.07, 6.45) is 2.72. The maximum absolute atomic E-state index is 12.7. The highest BCUT2D eigenvalue weighted by molar-refractivity contribution is 5.88. The Kier molecular flexibility index (Phi) is 7.59. The number of hydrogen-bond donors (Lipinski definition) is 2. The molecule has 0 unspecified atom stereocenters. The van der Waals surface area contributed by atoms with Gasteiger partial charge in [-0.25, -0.2) is 5.48 Å². The molecule has 0 aliphatic heterocycles. The lowest BCUT2D eigenvalue weighted by atomic mass is 9.78. The number of hydrogen-bond acceptors (Lipinski definition) is 4. The summed E-state index contributed by atoms with van der Waals surface area (Å²) < 4.78 is 0. The second-order valence-electron chi connectivity index (χ2n) is 6.49. The molecule has 1 fully saturated rings. The van der Waals surface area contributed by atoms with Crippen molar-refractivity contribution in [3.05, 3.63) is 35.9 Å². The Balaban J connectivity index is 1.85. The fourth-order valence-electron chi connectivity index (χ4n) is 3.28. The molecule has 1 aliphatic carbocycles. The van der Waals surface area contributed by atoms with E-state index in [1.165, 1.54) is 4.90 Å². The molecule has 1 aromatic carbocycles. The molecular weight excluding hydrogens is 336 g/mol. The molecule has 0 heterocycles. The number of carboxylic acid groups (broad SMARTS) is 1. The lowest BCUT2D eigenvalue weighted by Gasteiger charge is -2.32. The summed E-state index contributed by atoms with van der Waals surface area (Å²) in [6, 6.07) is 9.40. The fraction of sp³-hybridized carbons (Fsp3) is 0.526. The quantitative estimate of drug-likeness (QED) is 0.690. The molecule has 7 nitrogen and oxygen atoms in total. The third-order valence-corrected chi connectivity index (χ3v) is 4.70. The predicted molar refractivity (Wildman–Crippen MR) is 94.7 cm³/mol. The molecule has 0 bridgehead atoms. The maximum atomic E-state index is 12.7. The van der Waals surface area contributed by atoms with Crippen LogP contribution in [0.3, 0.4) is 0 Å². The molecule has 0 saturated heterocycles. The van der Waals surface area contributed by atoms with Crippen molar-refractivity contribution in [3.63, 3.8) is 0 Å². The summed E-state index contributed by atoms with van der Waals surface area (Å²) in [7, 11) is 0. The van der Waals surface area contributed by atoms with Gasteiger partial charge in [0, 0.05) is 6.54 Å². The zero-order valence-corrected chi connectivity index (χ0v) is 15.0. The predicted octanol–water partition coefficient (Wildman–Crippen LogP) is 1.97. The van der Waals surface area contributed by atoms with E-state index in [9.17, 15) is 19.5 Å². The first-order valence-corrected chi connectivity index (χ1v) is 8.99. The number of rotatable bonds is 8. The minimum atomic E-state index is -0.935. The average Bonchev–Trinajstić information content (AvgIpc) is 2.66. The zero-order valence-electron chi connectivity index (χ0n) is 15.0. The van der Waals surface area contributed by atoms with Crippen molar-refractivity contribution in [1.82, 2.24) is 10.4 Å². The number of benzene rings is 1. The molecular formula is C19H26N2O5. The van der Waals surface area contributed by atoms with Gasteiger partial charge in [-0.2, -0.15) is 0 Å². The van der Waals surface area contributed by atoms with Crippen LogP contribution in [0.15, 0.2) is 30.3 Å². The Morgan fingerprint density at radius 3 is 2.42 bits per heavy atom. The molecule has 1 aliphatic rings. The van der Waals surface area contributed by atoms with E-state index in [-0.39, 0.29) is 19.1 Å². The maximum Gasteiger partial charge on any atom is 0.307 e. The van der Waals surface area contributed by atoms with E-state index in [0.29, 0.717) is 19.4 Å². The van der Waals surface area contributed by atoms with Crippen molar-refractivity contribution in [2.75, 3.05) is 13.1 Å². The van der Waals surface area contributed by atoms with Crippen LogP contribution in [0.1, 0.15) is 38.2 Å². The third kappa shape index (κ3) is 5.56. The summed E-state index contributed by atoms with van der Waals surface area (Å²) >= 11 is 0. The highest BCUT2D eigenvalue weighted by Gasteiger charge is 2.37. The monoisotopic (exact) mass is 362 g/mol. The Morgan fingerprint density at radius 1 is 1.15 bits per heavy atom. The van der Waals surface area contributed by atoms with Gasteiger partial charge < -0.3 is 10.0 Å². The van der Waals surface area contributed by atoms with Crippen LogP contribution in [-0.2, 0) is 25.8 Å². The molecule has 1 saturated carbocycles. The number of carbonyl (C=O) groups is 3. The van der Waals surface area contributed by atoms with Crippen molar-refractivity contribution < 1.29 is 24.3 Å². The van der Waals surface area contributed by atoms with E-state index >= 15 is 0 Å². The van der Waals surface area contributed by atoms with Gasteiger partial charge in [0.25, 0.3) is 5.91 Å². The van der Waals surface area contributed by atoms with Gasteiger partial charge in [0.15, 0.2) is 0 Å². The van der Waals surface area contributed by atoms with Crippen LogP contribution in [0.2, 0.25) is 0 Å². The first kappa shape index (κ1) is 19.9. The van der Waals surface area contributed by atoms with Crippen molar-refractivity contribution in [3.8, 4) is 0 Å². The van der Waals surface area contributed by atoms with E-state index in [0.717, 1.165) is 18.4 Å². The molecule has 142 valence electrons. The summed E-state index contributed by atoms with van der Waals surface area (Å²) in [4.78, 5) is 42.8. The van der Waals surface area contributed by atoms with Crippen LogP contribution in [0.25, 0.3) is 0 Å². The Bertz CT molecular complexity index is 620. The van der Waals surface area contributed by atoms with Crippen LogP contribution in [-0.4, -0.2) is 40.9 Å². The highest BCUT2D eigenvalue weighted by Crippen LogP contribution is 2.31. The van der Waals surface area contributed by atoms with Gasteiger partial charge in [0.2, 0.25) is 5.91 Å². The molecule has 2 rings (SSSR count). The Labute approximate surface area is 153 Å². The number of likely N-dealkylation sites (N-methyl/N-ethyl adjacent to an activating group) is 1.